The van der Waals surface area contributed by atoms with Crippen molar-refractivity contribution in [3.63, 3.8) is 0 Å². The van der Waals surface area contributed by atoms with Crippen molar-refractivity contribution >= 4 is 24.7 Å². The van der Waals surface area contributed by atoms with Crippen molar-refractivity contribution in [3.05, 3.63) is 96.6 Å². The van der Waals surface area contributed by atoms with E-state index in [2.05, 4.69) is 69.3 Å². The summed E-state index contributed by atoms with van der Waals surface area (Å²) in [5, 5.41) is 12.4. The highest BCUT2D eigenvalue weighted by molar-refractivity contribution is 6.99. The first-order valence-electron chi connectivity index (χ1n) is 13.9. The van der Waals surface area contributed by atoms with Crippen molar-refractivity contribution in [2.45, 2.75) is 64.4 Å². The van der Waals surface area contributed by atoms with E-state index in [0.29, 0.717) is 26.1 Å². The average molecular weight is 547 g/mol. The molecular weight excluding hydrogens is 504 g/mol. The molecule has 3 aromatic carbocycles. The quantitative estimate of drug-likeness (QED) is 0.332. The molecule has 0 aromatic heterocycles. The van der Waals surface area contributed by atoms with Crippen molar-refractivity contribution in [3.8, 4) is 0 Å². The third-order valence-electron chi connectivity index (χ3n) is 7.75. The molecule has 1 saturated heterocycles. The van der Waals surface area contributed by atoms with Crippen LogP contribution < -0.4 is 10.4 Å². The minimum absolute atomic E-state index is 0.110. The summed E-state index contributed by atoms with van der Waals surface area (Å²) in [6.07, 6.45) is 0.626. The number of hydrogen-bond acceptors (Lipinski definition) is 4. The second-order valence-corrected chi connectivity index (χ2v) is 16.4. The summed E-state index contributed by atoms with van der Waals surface area (Å²) >= 11 is 0. The summed E-state index contributed by atoms with van der Waals surface area (Å²) in [6, 6.07) is 30.9. The number of hydrogen-bond donors (Lipinski definition) is 1. The van der Waals surface area contributed by atoms with Gasteiger partial charge in [0.1, 0.15) is 0 Å². The van der Waals surface area contributed by atoms with E-state index in [1.165, 1.54) is 10.4 Å². The van der Waals surface area contributed by atoms with Crippen LogP contribution in [0.2, 0.25) is 5.04 Å². The molecule has 3 aromatic rings. The number of ether oxygens (including phenoxy) is 2. The second-order valence-electron chi connectivity index (χ2n) is 12.1. The normalized spacial score (nSPS) is 20.3. The van der Waals surface area contributed by atoms with E-state index in [4.69, 9.17) is 13.9 Å². The number of carbonyl (C=O) groups is 1. The second kappa shape index (κ2) is 12.2. The van der Waals surface area contributed by atoms with Gasteiger partial charge in [0, 0.05) is 5.92 Å². The van der Waals surface area contributed by atoms with Crippen LogP contribution in [0.5, 0.6) is 0 Å². The Balaban J connectivity index is 1.65. The smallest absolute Gasteiger partial charge is 0.306 e. The highest BCUT2D eigenvalue weighted by atomic mass is 28.4. The molecule has 5 nitrogen and oxygen atoms in total. The van der Waals surface area contributed by atoms with Crippen molar-refractivity contribution in [2.75, 3.05) is 13.2 Å². The molecule has 3 atom stereocenters. The lowest BCUT2D eigenvalue weighted by Crippen LogP contribution is -2.67. The van der Waals surface area contributed by atoms with E-state index >= 15 is 0 Å². The van der Waals surface area contributed by atoms with Crippen LogP contribution in [-0.4, -0.2) is 44.5 Å². The molecule has 1 aliphatic heterocycles. The number of rotatable bonds is 10. The van der Waals surface area contributed by atoms with Gasteiger partial charge in [0.2, 0.25) is 0 Å². The molecule has 1 heterocycles. The van der Waals surface area contributed by atoms with Crippen LogP contribution in [0.4, 0.5) is 0 Å². The fraction of sp³-hybridized carbons (Fsp3) is 0.424. The van der Waals surface area contributed by atoms with Gasteiger partial charge in [0.15, 0.2) is 5.79 Å². The molecule has 0 amide bonds. The summed E-state index contributed by atoms with van der Waals surface area (Å²) in [5.74, 6) is -2.22. The van der Waals surface area contributed by atoms with E-state index in [1.54, 1.807) is 0 Å². The Morgan fingerprint density at radius 1 is 0.949 bits per heavy atom. The lowest BCUT2D eigenvalue weighted by Gasteiger charge is -2.46. The van der Waals surface area contributed by atoms with Crippen LogP contribution in [0.3, 0.4) is 0 Å². The van der Waals surface area contributed by atoms with Gasteiger partial charge >= 0.3 is 5.97 Å². The fourth-order valence-electron chi connectivity index (χ4n) is 5.80. The zero-order valence-electron chi connectivity index (χ0n) is 23.8. The van der Waals surface area contributed by atoms with Crippen LogP contribution in [0.1, 0.15) is 46.6 Å². The number of carboxylic acid groups (broad SMARTS) is 1. The van der Waals surface area contributed by atoms with Gasteiger partial charge in [0.25, 0.3) is 8.32 Å². The van der Waals surface area contributed by atoms with Crippen molar-refractivity contribution in [1.29, 1.82) is 0 Å². The van der Waals surface area contributed by atoms with E-state index in [0.717, 1.165) is 5.56 Å². The van der Waals surface area contributed by atoms with Gasteiger partial charge in [-0.1, -0.05) is 112 Å². The highest BCUT2D eigenvalue weighted by Crippen LogP contribution is 2.38. The van der Waals surface area contributed by atoms with Crippen LogP contribution >= 0.6 is 0 Å². The first-order chi connectivity index (χ1) is 18.5. The van der Waals surface area contributed by atoms with E-state index in [1.807, 2.05) is 56.3 Å². The molecule has 39 heavy (non-hydrogen) atoms. The van der Waals surface area contributed by atoms with Crippen molar-refractivity contribution in [1.82, 2.24) is 0 Å². The topological polar surface area (TPSA) is 65.0 Å². The lowest BCUT2D eigenvalue weighted by atomic mass is 9.86. The third kappa shape index (κ3) is 6.87. The van der Waals surface area contributed by atoms with Crippen LogP contribution in [0.15, 0.2) is 91.0 Å². The minimum atomic E-state index is -2.77. The standard InChI is InChI=1S/C33H42O5Si/c1-32(2,3)39(28-17-11-7-12-18-28,29-19-13-8-14-20-29)37-24-30-27(23-36-33(4,5)38-30)22-26(31(34)35)21-25-15-9-6-10-16-25/h6-20,26-27,30H,21-24H2,1-5H3,(H,34,35). The Bertz CT molecular complexity index is 1150. The molecule has 0 aliphatic carbocycles. The van der Waals surface area contributed by atoms with Crippen molar-refractivity contribution < 1.29 is 23.8 Å². The molecule has 0 saturated carbocycles. The van der Waals surface area contributed by atoms with Gasteiger partial charge in [-0.15, -0.1) is 0 Å². The summed E-state index contributed by atoms with van der Waals surface area (Å²) in [4.78, 5) is 12.3. The average Bonchev–Trinajstić information content (AvgIpc) is 2.90. The summed E-state index contributed by atoms with van der Waals surface area (Å²) in [6.45, 7) is 11.4. The number of benzene rings is 3. The van der Waals surface area contributed by atoms with E-state index in [9.17, 15) is 9.90 Å². The molecule has 6 heteroatoms. The van der Waals surface area contributed by atoms with E-state index < -0.39 is 26.0 Å². The largest absolute Gasteiger partial charge is 0.481 e. The molecule has 1 fully saturated rings. The molecule has 0 bridgehead atoms. The van der Waals surface area contributed by atoms with Crippen LogP contribution in [0.25, 0.3) is 0 Å². The van der Waals surface area contributed by atoms with Gasteiger partial charge < -0.3 is 19.0 Å². The molecule has 3 unspecified atom stereocenters. The van der Waals surface area contributed by atoms with Crippen LogP contribution in [0, 0.1) is 11.8 Å². The van der Waals surface area contributed by atoms with Gasteiger partial charge in [0.05, 0.1) is 25.2 Å². The number of carboxylic acids is 1. The Kier molecular flexibility index (Phi) is 9.12. The number of aliphatic carboxylic acids is 1. The maximum Gasteiger partial charge on any atom is 0.306 e. The predicted molar refractivity (Wildman–Crippen MR) is 158 cm³/mol. The van der Waals surface area contributed by atoms with E-state index in [-0.39, 0.29) is 17.1 Å². The Morgan fingerprint density at radius 3 is 1.95 bits per heavy atom. The molecule has 1 aliphatic rings. The monoisotopic (exact) mass is 546 g/mol. The molecule has 0 radical (unpaired) electrons. The molecule has 4 rings (SSSR count). The Labute approximate surface area is 234 Å². The predicted octanol–water partition coefficient (Wildman–Crippen LogP) is 5.66. The van der Waals surface area contributed by atoms with Gasteiger partial charge in [-0.25, -0.2) is 0 Å². The minimum Gasteiger partial charge on any atom is -0.481 e. The summed E-state index contributed by atoms with van der Waals surface area (Å²) in [7, 11) is -2.77. The third-order valence-corrected chi connectivity index (χ3v) is 12.8. The molecule has 0 spiro atoms. The zero-order chi connectivity index (χ0) is 28.1. The molecule has 1 N–H and O–H groups in total. The highest BCUT2D eigenvalue weighted by Gasteiger charge is 2.51. The van der Waals surface area contributed by atoms with Gasteiger partial charge in [-0.3, -0.25) is 4.79 Å². The molecule has 208 valence electrons. The summed E-state index contributed by atoms with van der Waals surface area (Å²) in [5.41, 5.74) is 1.02. The first kappa shape index (κ1) is 29.2. The SMILES string of the molecule is CC1(C)OCC(CC(Cc2ccccc2)C(=O)O)C(CO[Si](c2ccccc2)(c2ccccc2)C(C)(C)C)O1. The Morgan fingerprint density at radius 2 is 1.46 bits per heavy atom. The van der Waals surface area contributed by atoms with Gasteiger partial charge in [-0.2, -0.15) is 0 Å². The zero-order valence-corrected chi connectivity index (χ0v) is 24.8. The maximum atomic E-state index is 12.3. The summed E-state index contributed by atoms with van der Waals surface area (Å²) < 4.78 is 19.7. The van der Waals surface area contributed by atoms with Crippen LogP contribution in [-0.2, 0) is 25.1 Å². The maximum absolute atomic E-state index is 12.3. The Hall–Kier alpha value is -2.77. The lowest BCUT2D eigenvalue weighted by molar-refractivity contribution is -0.298. The van der Waals surface area contributed by atoms with Gasteiger partial charge in [-0.05, 0) is 47.7 Å². The molecular formula is C33H42O5Si. The van der Waals surface area contributed by atoms with Crippen molar-refractivity contribution in [2.24, 2.45) is 11.8 Å². The first-order valence-corrected chi connectivity index (χ1v) is 15.8. The fourth-order valence-corrected chi connectivity index (χ4v) is 10.4.